The molecule has 2 rings (SSSR count). The van der Waals surface area contributed by atoms with E-state index >= 15 is 0 Å². The fourth-order valence-electron chi connectivity index (χ4n) is 1.94. The van der Waals surface area contributed by atoms with Crippen molar-refractivity contribution >= 4 is 21.4 Å². The first-order valence-corrected chi connectivity index (χ1v) is 6.97. The van der Waals surface area contributed by atoms with Gasteiger partial charge in [0.15, 0.2) is 5.75 Å². The fraction of sp³-hybridized carbons (Fsp3) is 0.455. The molecule has 1 unspecified atom stereocenters. The molecule has 0 radical (unpaired) electrons. The molecule has 3 N–H and O–H groups in total. The van der Waals surface area contributed by atoms with Crippen molar-refractivity contribution in [2.75, 3.05) is 17.6 Å². The first kappa shape index (κ1) is 12.0. The number of methoxy groups -OCH3 is 1. The van der Waals surface area contributed by atoms with Crippen LogP contribution in [0, 0.1) is 0 Å². The van der Waals surface area contributed by atoms with E-state index in [2.05, 4.69) is 4.72 Å². The third-order valence-corrected chi connectivity index (χ3v) is 4.86. The lowest BCUT2D eigenvalue weighted by molar-refractivity contribution is 0.418. The molecule has 0 spiro atoms. The second-order valence-electron chi connectivity index (χ2n) is 4.22. The van der Waals surface area contributed by atoms with Gasteiger partial charge < -0.3 is 10.5 Å². The van der Waals surface area contributed by atoms with Crippen LogP contribution < -0.4 is 15.2 Å². The zero-order valence-electron chi connectivity index (χ0n) is 9.86. The number of nitrogen functional groups attached to an aromatic ring is 1. The highest BCUT2D eigenvalue weighted by atomic mass is 32.2. The van der Waals surface area contributed by atoms with E-state index in [4.69, 9.17) is 10.5 Å². The van der Waals surface area contributed by atoms with Crippen LogP contribution in [0.15, 0.2) is 12.1 Å². The van der Waals surface area contributed by atoms with E-state index in [1.54, 1.807) is 13.0 Å². The maximum atomic E-state index is 11.9. The van der Waals surface area contributed by atoms with E-state index in [1.165, 1.54) is 7.11 Å². The van der Waals surface area contributed by atoms with Crippen LogP contribution in [0.3, 0.4) is 0 Å². The number of anilines is 2. The number of hydrogen-bond acceptors (Lipinski definition) is 4. The summed E-state index contributed by atoms with van der Waals surface area (Å²) in [7, 11) is -1.87. The maximum Gasteiger partial charge on any atom is 0.235 e. The highest BCUT2D eigenvalue weighted by Crippen LogP contribution is 2.38. The first-order valence-electron chi connectivity index (χ1n) is 5.42. The molecule has 0 saturated carbocycles. The quantitative estimate of drug-likeness (QED) is 0.743. The van der Waals surface area contributed by atoms with Gasteiger partial charge in [0.25, 0.3) is 0 Å². The number of hydrogen-bond donors (Lipinski definition) is 2. The highest BCUT2D eigenvalue weighted by Gasteiger charge is 2.28. The summed E-state index contributed by atoms with van der Waals surface area (Å²) in [6.45, 7) is 1.70. The first-order chi connectivity index (χ1) is 7.95. The summed E-state index contributed by atoms with van der Waals surface area (Å²) in [6, 6.07) is 3.58. The monoisotopic (exact) mass is 256 g/mol. The summed E-state index contributed by atoms with van der Waals surface area (Å²) >= 11 is 0. The Labute approximate surface area is 101 Å². The Hall–Kier alpha value is -1.43. The molecule has 1 aromatic carbocycles. The Kier molecular flexibility index (Phi) is 2.91. The Morgan fingerprint density at radius 1 is 1.47 bits per heavy atom. The van der Waals surface area contributed by atoms with E-state index in [9.17, 15) is 8.42 Å². The molecule has 17 heavy (non-hydrogen) atoms. The number of rotatable bonds is 1. The van der Waals surface area contributed by atoms with Gasteiger partial charge in [0.1, 0.15) is 0 Å². The number of ether oxygens (including phenoxy) is 1. The van der Waals surface area contributed by atoms with E-state index < -0.39 is 15.3 Å². The average Bonchev–Trinajstić information content (AvgIpc) is 2.37. The molecule has 1 atom stereocenters. The minimum absolute atomic E-state index is 0.403. The normalized spacial score (nSPS) is 22.1. The SMILES string of the molecule is COc1c(N)ccc2c1NS(=O)(=O)C(C)CC2. The van der Waals surface area contributed by atoms with E-state index in [-0.39, 0.29) is 0 Å². The fourth-order valence-corrected chi connectivity index (χ4v) is 3.07. The second-order valence-corrected chi connectivity index (χ2v) is 6.32. The number of aryl methyl sites for hydroxylation is 1. The highest BCUT2D eigenvalue weighted by molar-refractivity contribution is 7.93. The summed E-state index contributed by atoms with van der Waals surface area (Å²) < 4.78 is 31.6. The van der Waals surface area contributed by atoms with Gasteiger partial charge in [0, 0.05) is 0 Å². The van der Waals surface area contributed by atoms with Gasteiger partial charge in [-0.2, -0.15) is 0 Å². The standard InChI is InChI=1S/C11H16N2O3S/c1-7-3-4-8-5-6-9(12)11(16-2)10(8)13-17(7,14)15/h5-7,13H,3-4,12H2,1-2H3. The molecular formula is C11H16N2O3S. The molecule has 1 heterocycles. The summed E-state index contributed by atoms with van der Waals surface area (Å²) in [5.41, 5.74) is 7.61. The van der Waals surface area contributed by atoms with Crippen LogP contribution in [0.25, 0.3) is 0 Å². The lowest BCUT2D eigenvalue weighted by Gasteiger charge is -2.15. The third-order valence-electron chi connectivity index (χ3n) is 3.07. The number of fused-ring (bicyclic) bond motifs is 1. The van der Waals surface area contributed by atoms with Crippen LogP contribution in [0.2, 0.25) is 0 Å². The zero-order valence-corrected chi connectivity index (χ0v) is 10.7. The van der Waals surface area contributed by atoms with E-state index in [1.807, 2.05) is 6.07 Å². The molecule has 5 nitrogen and oxygen atoms in total. The number of nitrogens with one attached hydrogen (secondary N) is 1. The molecule has 0 bridgehead atoms. The number of sulfonamides is 1. The Balaban J connectivity index is 2.59. The van der Waals surface area contributed by atoms with Crippen LogP contribution in [0.5, 0.6) is 5.75 Å². The molecule has 0 saturated heterocycles. The lowest BCUT2D eigenvalue weighted by atomic mass is 10.1. The van der Waals surface area contributed by atoms with Gasteiger partial charge in [-0.25, -0.2) is 8.42 Å². The van der Waals surface area contributed by atoms with Crippen LogP contribution in [0.4, 0.5) is 11.4 Å². The van der Waals surface area contributed by atoms with Gasteiger partial charge in [-0.3, -0.25) is 4.72 Å². The van der Waals surface area contributed by atoms with Crippen LogP contribution in [-0.4, -0.2) is 20.8 Å². The topological polar surface area (TPSA) is 81.4 Å². The van der Waals surface area contributed by atoms with Crippen molar-refractivity contribution in [3.05, 3.63) is 17.7 Å². The Bertz CT molecular complexity index is 540. The van der Waals surface area contributed by atoms with Gasteiger partial charge in [-0.05, 0) is 31.4 Å². The predicted octanol–water partition coefficient (Wildman–Crippen LogP) is 1.35. The van der Waals surface area contributed by atoms with Crippen molar-refractivity contribution < 1.29 is 13.2 Å². The third kappa shape index (κ3) is 2.04. The molecule has 1 aromatic rings. The van der Waals surface area contributed by atoms with Crippen molar-refractivity contribution in [2.24, 2.45) is 0 Å². The van der Waals surface area contributed by atoms with Crippen molar-refractivity contribution in [1.29, 1.82) is 0 Å². The molecule has 1 aliphatic heterocycles. The molecule has 0 fully saturated rings. The van der Waals surface area contributed by atoms with Gasteiger partial charge in [0.2, 0.25) is 10.0 Å². The average molecular weight is 256 g/mol. The van der Waals surface area contributed by atoms with E-state index in [0.29, 0.717) is 30.0 Å². The smallest absolute Gasteiger partial charge is 0.235 e. The van der Waals surface area contributed by atoms with Crippen molar-refractivity contribution in [1.82, 2.24) is 0 Å². The van der Waals surface area contributed by atoms with Crippen molar-refractivity contribution in [2.45, 2.75) is 25.0 Å². The Morgan fingerprint density at radius 3 is 2.82 bits per heavy atom. The Morgan fingerprint density at radius 2 is 2.18 bits per heavy atom. The zero-order chi connectivity index (χ0) is 12.6. The molecule has 0 aromatic heterocycles. The van der Waals surface area contributed by atoms with Gasteiger partial charge in [0.05, 0.1) is 23.7 Å². The molecule has 94 valence electrons. The maximum absolute atomic E-state index is 11.9. The predicted molar refractivity (Wildman–Crippen MR) is 67.7 cm³/mol. The van der Waals surface area contributed by atoms with Gasteiger partial charge in [-0.15, -0.1) is 0 Å². The van der Waals surface area contributed by atoms with Crippen LogP contribution in [0.1, 0.15) is 18.9 Å². The van der Waals surface area contributed by atoms with Crippen LogP contribution >= 0.6 is 0 Å². The lowest BCUT2D eigenvalue weighted by Crippen LogP contribution is -2.23. The van der Waals surface area contributed by atoms with E-state index in [0.717, 1.165) is 5.56 Å². The summed E-state index contributed by atoms with van der Waals surface area (Å²) in [6.07, 6.45) is 1.29. The number of nitrogens with two attached hydrogens (primary N) is 1. The number of benzene rings is 1. The van der Waals surface area contributed by atoms with Crippen molar-refractivity contribution in [3.8, 4) is 5.75 Å². The minimum atomic E-state index is -3.35. The molecule has 0 aliphatic carbocycles. The molecule has 0 amide bonds. The molecule has 6 heteroatoms. The molecule has 1 aliphatic rings. The van der Waals surface area contributed by atoms with Crippen LogP contribution in [-0.2, 0) is 16.4 Å². The van der Waals surface area contributed by atoms with Gasteiger partial charge in [-0.1, -0.05) is 6.07 Å². The second kappa shape index (κ2) is 4.10. The largest absolute Gasteiger partial charge is 0.492 e. The minimum Gasteiger partial charge on any atom is -0.492 e. The summed E-state index contributed by atoms with van der Waals surface area (Å²) in [4.78, 5) is 0. The summed E-state index contributed by atoms with van der Waals surface area (Å²) in [5.74, 6) is 0.403. The summed E-state index contributed by atoms with van der Waals surface area (Å²) in [5, 5.41) is -0.416. The van der Waals surface area contributed by atoms with Crippen molar-refractivity contribution in [3.63, 3.8) is 0 Å². The molecular weight excluding hydrogens is 240 g/mol. The van der Waals surface area contributed by atoms with Gasteiger partial charge >= 0.3 is 0 Å².